The topological polar surface area (TPSA) is 153 Å². The van der Waals surface area contributed by atoms with Crippen LogP contribution in [0, 0.1) is 5.41 Å². The molecule has 0 aromatic carbocycles. The number of rotatable bonds is 15. The fourth-order valence-electron chi connectivity index (χ4n) is 2.15. The van der Waals surface area contributed by atoms with Gasteiger partial charge in [-0.25, -0.2) is 19.2 Å². The predicted octanol–water partition coefficient (Wildman–Crippen LogP) is 2.13. The number of ether oxygens (including phenoxy) is 4. The first-order chi connectivity index (χ1) is 15.3. The van der Waals surface area contributed by atoms with Gasteiger partial charge in [-0.05, 0) is 26.2 Å². The molecule has 12 nitrogen and oxygen atoms in total. The molecule has 0 unspecified atom stereocenters. The number of hydrogen-bond acceptors (Lipinski definition) is 8. The van der Waals surface area contributed by atoms with E-state index in [9.17, 15) is 19.2 Å². The predicted molar refractivity (Wildman–Crippen MR) is 116 cm³/mol. The van der Waals surface area contributed by atoms with Crippen molar-refractivity contribution in [1.82, 2.24) is 21.3 Å². The number of amides is 4. The fraction of sp³-hybridized carbons (Fsp3) is 0.800. The number of hydrogen-bond donors (Lipinski definition) is 4. The minimum Gasteiger partial charge on any atom is -0.449 e. The largest absolute Gasteiger partial charge is 0.449 e. The molecule has 0 aliphatic rings. The Morgan fingerprint density at radius 3 is 1.06 bits per heavy atom. The lowest BCUT2D eigenvalue weighted by Gasteiger charge is -2.31. The van der Waals surface area contributed by atoms with Crippen molar-refractivity contribution in [2.24, 2.45) is 5.41 Å². The van der Waals surface area contributed by atoms with Crippen LogP contribution in [0.25, 0.3) is 0 Å². The van der Waals surface area contributed by atoms with Gasteiger partial charge in [-0.3, -0.25) is 0 Å². The minimum atomic E-state index is -1.32. The molecule has 0 heterocycles. The van der Waals surface area contributed by atoms with E-state index in [2.05, 4.69) is 21.3 Å². The van der Waals surface area contributed by atoms with Crippen molar-refractivity contribution in [3.05, 3.63) is 0 Å². The Labute approximate surface area is 189 Å². The Hall–Kier alpha value is -2.92. The molecule has 0 saturated heterocycles. The Balaban J connectivity index is 5.39. The lowest BCUT2D eigenvalue weighted by atomic mass is 9.92. The standard InChI is InChI=1S/C20H38N4O8/c1-5-9-22-17(26)30-13-20(12-29-16(25)21-8-4,14-31-18(27)23-10-6-2)15-32-19(28)24-11-7-3/h5-15H2,1-4H3,(H,21,25)(H,22,26)(H,23,27)(H,24,28). The van der Waals surface area contributed by atoms with E-state index in [4.69, 9.17) is 18.9 Å². The summed E-state index contributed by atoms with van der Waals surface area (Å²) in [5.74, 6) is 0. The number of carbonyl (C=O) groups is 4. The number of nitrogens with one attached hydrogen (secondary N) is 4. The molecule has 4 N–H and O–H groups in total. The van der Waals surface area contributed by atoms with Crippen molar-refractivity contribution in [3.8, 4) is 0 Å². The number of carbonyl (C=O) groups excluding carboxylic acids is 4. The van der Waals surface area contributed by atoms with Crippen LogP contribution in [0.1, 0.15) is 47.0 Å². The second-order valence-electron chi connectivity index (χ2n) is 7.12. The summed E-state index contributed by atoms with van der Waals surface area (Å²) in [6.07, 6.45) is -0.662. The molecule has 12 heteroatoms. The molecule has 0 fully saturated rings. The summed E-state index contributed by atoms with van der Waals surface area (Å²) in [4.78, 5) is 47.7. The van der Waals surface area contributed by atoms with E-state index in [1.165, 1.54) is 0 Å². The van der Waals surface area contributed by atoms with E-state index >= 15 is 0 Å². The molecule has 0 atom stereocenters. The molecule has 0 spiro atoms. The zero-order valence-corrected chi connectivity index (χ0v) is 19.5. The zero-order chi connectivity index (χ0) is 24.2. The Morgan fingerprint density at radius 2 is 0.812 bits per heavy atom. The molecule has 0 aromatic rings. The molecule has 0 aromatic heterocycles. The summed E-state index contributed by atoms with van der Waals surface area (Å²) in [7, 11) is 0. The molecule has 4 amide bonds. The molecular formula is C20H38N4O8. The second-order valence-corrected chi connectivity index (χ2v) is 7.12. The van der Waals surface area contributed by atoms with Crippen LogP contribution < -0.4 is 21.3 Å². The first-order valence-electron chi connectivity index (χ1n) is 10.9. The van der Waals surface area contributed by atoms with Crippen LogP contribution in [0.15, 0.2) is 0 Å². The smallest absolute Gasteiger partial charge is 0.407 e. The molecule has 0 radical (unpaired) electrons. The van der Waals surface area contributed by atoms with Crippen molar-refractivity contribution in [2.45, 2.75) is 47.0 Å². The monoisotopic (exact) mass is 462 g/mol. The van der Waals surface area contributed by atoms with Crippen LogP contribution in [0.5, 0.6) is 0 Å². The van der Waals surface area contributed by atoms with Crippen molar-refractivity contribution < 1.29 is 38.1 Å². The average Bonchev–Trinajstić information content (AvgIpc) is 2.79. The van der Waals surface area contributed by atoms with Gasteiger partial charge in [-0.15, -0.1) is 0 Å². The van der Waals surface area contributed by atoms with Gasteiger partial charge in [0.15, 0.2) is 0 Å². The molecule has 0 aliphatic heterocycles. The van der Waals surface area contributed by atoms with Crippen molar-refractivity contribution in [3.63, 3.8) is 0 Å². The third-order valence-corrected chi connectivity index (χ3v) is 3.92. The van der Waals surface area contributed by atoms with Gasteiger partial charge in [0.1, 0.15) is 31.8 Å². The van der Waals surface area contributed by atoms with Gasteiger partial charge >= 0.3 is 24.4 Å². The summed E-state index contributed by atoms with van der Waals surface area (Å²) in [5, 5.41) is 10.1. The third kappa shape index (κ3) is 14.1. The summed E-state index contributed by atoms with van der Waals surface area (Å²) >= 11 is 0. The van der Waals surface area contributed by atoms with E-state index in [0.29, 0.717) is 45.4 Å². The average molecular weight is 463 g/mol. The normalized spacial score (nSPS) is 10.5. The summed E-state index contributed by atoms with van der Waals surface area (Å²) in [6, 6.07) is 0. The highest BCUT2D eigenvalue weighted by Crippen LogP contribution is 2.21. The highest BCUT2D eigenvalue weighted by Gasteiger charge is 2.38. The first kappa shape index (κ1) is 29.1. The Morgan fingerprint density at radius 1 is 0.531 bits per heavy atom. The quantitative estimate of drug-likeness (QED) is 0.270. The van der Waals surface area contributed by atoms with Gasteiger partial charge in [-0.2, -0.15) is 0 Å². The summed E-state index contributed by atoms with van der Waals surface area (Å²) in [6.45, 7) is 7.63. The van der Waals surface area contributed by atoms with Crippen LogP contribution in [-0.2, 0) is 18.9 Å². The first-order valence-corrected chi connectivity index (χ1v) is 10.9. The molecule has 0 rings (SSSR count). The number of alkyl carbamates (subject to hydrolysis) is 4. The lowest BCUT2D eigenvalue weighted by molar-refractivity contribution is -0.0486. The SMILES string of the molecule is CCCNC(=O)OCC(COC(=O)NCC)(COC(=O)NCCC)COC(=O)NCCC. The van der Waals surface area contributed by atoms with E-state index in [-0.39, 0.29) is 26.4 Å². The van der Waals surface area contributed by atoms with Crippen LogP contribution >= 0.6 is 0 Å². The van der Waals surface area contributed by atoms with Crippen molar-refractivity contribution >= 4 is 24.4 Å². The summed E-state index contributed by atoms with van der Waals surface area (Å²) < 4.78 is 20.9. The molecule has 186 valence electrons. The Bertz CT molecular complexity index is 514. The molecule has 32 heavy (non-hydrogen) atoms. The lowest BCUT2D eigenvalue weighted by Crippen LogP contribution is -2.47. The maximum Gasteiger partial charge on any atom is 0.407 e. The second kappa shape index (κ2) is 17.7. The van der Waals surface area contributed by atoms with Crippen LogP contribution in [-0.4, -0.2) is 77.0 Å². The third-order valence-electron chi connectivity index (χ3n) is 3.92. The van der Waals surface area contributed by atoms with Gasteiger partial charge in [0.2, 0.25) is 0 Å². The van der Waals surface area contributed by atoms with Gasteiger partial charge in [0.05, 0.1) is 0 Å². The van der Waals surface area contributed by atoms with Crippen LogP contribution in [0.2, 0.25) is 0 Å². The van der Waals surface area contributed by atoms with Gasteiger partial charge in [-0.1, -0.05) is 20.8 Å². The van der Waals surface area contributed by atoms with E-state index in [1.54, 1.807) is 6.92 Å². The molecule has 0 bridgehead atoms. The summed E-state index contributed by atoms with van der Waals surface area (Å²) in [5.41, 5.74) is -1.32. The maximum atomic E-state index is 12.0. The molecular weight excluding hydrogens is 424 g/mol. The van der Waals surface area contributed by atoms with E-state index < -0.39 is 29.8 Å². The van der Waals surface area contributed by atoms with Crippen molar-refractivity contribution in [2.75, 3.05) is 52.6 Å². The highest BCUT2D eigenvalue weighted by atomic mass is 16.6. The van der Waals surface area contributed by atoms with Crippen LogP contribution in [0.3, 0.4) is 0 Å². The van der Waals surface area contributed by atoms with Gasteiger partial charge < -0.3 is 40.2 Å². The van der Waals surface area contributed by atoms with Crippen LogP contribution in [0.4, 0.5) is 19.2 Å². The van der Waals surface area contributed by atoms with Gasteiger partial charge in [0.25, 0.3) is 0 Å². The maximum absolute atomic E-state index is 12.0. The van der Waals surface area contributed by atoms with Gasteiger partial charge in [0, 0.05) is 26.2 Å². The molecule has 0 aliphatic carbocycles. The van der Waals surface area contributed by atoms with E-state index in [0.717, 1.165) is 0 Å². The Kier molecular flexibility index (Phi) is 16.1. The fourth-order valence-corrected chi connectivity index (χ4v) is 2.15. The molecule has 0 saturated carbocycles. The van der Waals surface area contributed by atoms with E-state index in [1.807, 2.05) is 20.8 Å². The zero-order valence-electron chi connectivity index (χ0n) is 19.5. The van der Waals surface area contributed by atoms with Crippen molar-refractivity contribution in [1.29, 1.82) is 0 Å². The minimum absolute atomic E-state index is 0.329. The highest BCUT2D eigenvalue weighted by molar-refractivity contribution is 5.69.